The van der Waals surface area contributed by atoms with Crippen molar-refractivity contribution in [2.75, 3.05) is 30.8 Å². The number of halogens is 2. The molecule has 2 rings (SSSR count). The largest absolute Gasteiger partial charge is 0.326 e. The molecule has 0 saturated heterocycles. The summed E-state index contributed by atoms with van der Waals surface area (Å²) in [5, 5.41) is 15.0. The summed E-state index contributed by atoms with van der Waals surface area (Å²) >= 11 is 11.8. The molecule has 0 saturated carbocycles. The zero-order chi connectivity index (χ0) is 19.8. The second-order valence-electron chi connectivity index (χ2n) is 5.90. The third-order valence-electron chi connectivity index (χ3n) is 3.64. The van der Waals surface area contributed by atoms with Gasteiger partial charge in [0.25, 0.3) is 0 Å². The van der Waals surface area contributed by atoms with Crippen molar-refractivity contribution >= 4 is 46.4 Å². The topological polar surface area (TPSA) is 85.2 Å². The molecule has 27 heavy (non-hydrogen) atoms. The monoisotopic (exact) mass is 404 g/mol. The molecule has 0 aliphatic heterocycles. The van der Waals surface area contributed by atoms with Gasteiger partial charge >= 0.3 is 0 Å². The lowest BCUT2D eigenvalue weighted by Crippen LogP contribution is -2.32. The van der Waals surface area contributed by atoms with E-state index in [4.69, 9.17) is 28.5 Å². The molecule has 0 heterocycles. The smallest absolute Gasteiger partial charge is 0.238 e. The van der Waals surface area contributed by atoms with Crippen molar-refractivity contribution < 1.29 is 9.59 Å². The summed E-state index contributed by atoms with van der Waals surface area (Å²) in [5.41, 5.74) is 1.71. The molecule has 0 aliphatic carbocycles. The molecule has 0 aliphatic rings. The SMILES string of the molecule is CN(CCC(=O)Nc1ccc(C#N)cc1)CC(=O)Nc1ccc(Cl)c(Cl)c1. The maximum Gasteiger partial charge on any atom is 0.238 e. The van der Waals surface area contributed by atoms with E-state index in [2.05, 4.69) is 10.6 Å². The number of nitrogens with one attached hydrogen (secondary N) is 2. The molecule has 2 amide bonds. The number of carbonyl (C=O) groups excluding carboxylic acids is 2. The molecular weight excluding hydrogens is 387 g/mol. The van der Waals surface area contributed by atoms with Gasteiger partial charge in [0.05, 0.1) is 28.2 Å². The summed E-state index contributed by atoms with van der Waals surface area (Å²) in [7, 11) is 1.75. The Morgan fingerprint density at radius 1 is 1.00 bits per heavy atom. The predicted octanol–water partition coefficient (Wildman–Crippen LogP) is 3.76. The first-order chi connectivity index (χ1) is 12.9. The van der Waals surface area contributed by atoms with Gasteiger partial charge in [-0.1, -0.05) is 23.2 Å². The lowest BCUT2D eigenvalue weighted by molar-refractivity contribution is -0.119. The van der Waals surface area contributed by atoms with E-state index in [9.17, 15) is 9.59 Å². The molecule has 0 aromatic heterocycles. The molecule has 2 N–H and O–H groups in total. The number of nitriles is 1. The Balaban J connectivity index is 1.74. The molecule has 0 bridgehead atoms. The summed E-state index contributed by atoms with van der Waals surface area (Å²) in [6.45, 7) is 0.543. The van der Waals surface area contributed by atoms with Crippen LogP contribution in [0.3, 0.4) is 0 Å². The number of rotatable bonds is 7. The number of benzene rings is 2. The van der Waals surface area contributed by atoms with E-state index in [1.165, 1.54) is 0 Å². The highest BCUT2D eigenvalue weighted by Gasteiger charge is 2.10. The van der Waals surface area contributed by atoms with Crippen LogP contribution in [0.4, 0.5) is 11.4 Å². The van der Waals surface area contributed by atoms with Crippen LogP contribution < -0.4 is 10.6 Å². The average Bonchev–Trinajstić information content (AvgIpc) is 2.63. The highest BCUT2D eigenvalue weighted by atomic mass is 35.5. The first kappa shape index (κ1) is 20.7. The minimum Gasteiger partial charge on any atom is -0.326 e. The fourth-order valence-corrected chi connectivity index (χ4v) is 2.54. The second-order valence-corrected chi connectivity index (χ2v) is 6.72. The average molecular weight is 405 g/mol. The lowest BCUT2D eigenvalue weighted by Gasteiger charge is -2.16. The first-order valence-corrected chi connectivity index (χ1v) is 8.86. The Morgan fingerprint density at radius 3 is 2.26 bits per heavy atom. The van der Waals surface area contributed by atoms with Crippen LogP contribution in [-0.2, 0) is 9.59 Å². The van der Waals surface area contributed by atoms with Crippen molar-refractivity contribution in [2.24, 2.45) is 0 Å². The molecule has 0 spiro atoms. The van der Waals surface area contributed by atoms with Crippen LogP contribution in [0.1, 0.15) is 12.0 Å². The van der Waals surface area contributed by atoms with Gasteiger partial charge in [0.1, 0.15) is 0 Å². The Morgan fingerprint density at radius 2 is 1.63 bits per heavy atom. The lowest BCUT2D eigenvalue weighted by atomic mass is 10.2. The third kappa shape index (κ3) is 6.91. The Kier molecular flexibility index (Phi) is 7.62. The van der Waals surface area contributed by atoms with Crippen molar-refractivity contribution in [3.05, 3.63) is 58.1 Å². The highest BCUT2D eigenvalue weighted by molar-refractivity contribution is 6.42. The van der Waals surface area contributed by atoms with Crippen LogP contribution in [0, 0.1) is 11.3 Å². The normalized spacial score (nSPS) is 10.3. The summed E-state index contributed by atoms with van der Waals surface area (Å²) in [6.07, 6.45) is 0.233. The van der Waals surface area contributed by atoms with E-state index in [1.807, 2.05) is 6.07 Å². The van der Waals surface area contributed by atoms with Crippen LogP contribution in [0.25, 0.3) is 0 Å². The van der Waals surface area contributed by atoms with Gasteiger partial charge in [0.15, 0.2) is 0 Å². The number of carbonyl (C=O) groups is 2. The predicted molar refractivity (Wildman–Crippen MR) is 107 cm³/mol. The zero-order valence-corrected chi connectivity index (χ0v) is 16.1. The fourth-order valence-electron chi connectivity index (χ4n) is 2.24. The third-order valence-corrected chi connectivity index (χ3v) is 4.37. The quantitative estimate of drug-likeness (QED) is 0.735. The van der Waals surface area contributed by atoms with E-state index >= 15 is 0 Å². The van der Waals surface area contributed by atoms with E-state index in [-0.39, 0.29) is 24.8 Å². The number of likely N-dealkylation sites (N-methyl/N-ethyl adjacent to an activating group) is 1. The number of anilines is 2. The standard InChI is InChI=1S/C19H18Cl2N4O2/c1-25(12-19(27)24-15-6-7-16(20)17(21)10-15)9-8-18(26)23-14-4-2-13(11-22)3-5-14/h2-7,10H,8-9,12H2,1H3,(H,23,26)(H,24,27). The minimum absolute atomic E-state index is 0.129. The zero-order valence-electron chi connectivity index (χ0n) is 14.6. The second kappa shape index (κ2) is 9.93. The summed E-state index contributed by atoms with van der Waals surface area (Å²) in [4.78, 5) is 25.8. The van der Waals surface area contributed by atoms with Crippen molar-refractivity contribution in [2.45, 2.75) is 6.42 Å². The molecule has 8 heteroatoms. The van der Waals surface area contributed by atoms with Crippen LogP contribution in [-0.4, -0.2) is 36.9 Å². The molecular formula is C19H18Cl2N4O2. The van der Waals surface area contributed by atoms with Crippen molar-refractivity contribution in [3.63, 3.8) is 0 Å². The number of hydrogen-bond acceptors (Lipinski definition) is 4. The maximum atomic E-state index is 12.1. The summed E-state index contributed by atoms with van der Waals surface area (Å²) in [6, 6.07) is 13.5. The van der Waals surface area contributed by atoms with Gasteiger partial charge in [-0.15, -0.1) is 0 Å². The van der Waals surface area contributed by atoms with E-state index in [0.717, 1.165) is 0 Å². The van der Waals surface area contributed by atoms with Crippen molar-refractivity contribution in [3.8, 4) is 6.07 Å². The molecule has 2 aromatic rings. The van der Waals surface area contributed by atoms with Gasteiger partial charge in [0.2, 0.25) is 11.8 Å². The minimum atomic E-state index is -0.219. The molecule has 0 atom stereocenters. The van der Waals surface area contributed by atoms with Crippen molar-refractivity contribution in [1.29, 1.82) is 5.26 Å². The first-order valence-electron chi connectivity index (χ1n) is 8.11. The number of hydrogen-bond donors (Lipinski definition) is 2. The van der Waals surface area contributed by atoms with E-state index in [1.54, 1.807) is 54.4 Å². The van der Waals surface area contributed by atoms with Gasteiger partial charge in [-0.05, 0) is 49.5 Å². The van der Waals surface area contributed by atoms with Crippen LogP contribution in [0.5, 0.6) is 0 Å². The molecule has 140 valence electrons. The Labute approximate surface area is 167 Å². The van der Waals surface area contributed by atoms with E-state index < -0.39 is 0 Å². The van der Waals surface area contributed by atoms with Gasteiger partial charge in [-0.3, -0.25) is 14.5 Å². The molecule has 0 fully saturated rings. The number of amides is 2. The van der Waals surface area contributed by atoms with Gasteiger partial charge in [-0.25, -0.2) is 0 Å². The molecule has 0 radical (unpaired) electrons. The molecule has 2 aromatic carbocycles. The maximum absolute atomic E-state index is 12.1. The van der Waals surface area contributed by atoms with E-state index in [0.29, 0.717) is 33.5 Å². The molecule has 6 nitrogen and oxygen atoms in total. The highest BCUT2D eigenvalue weighted by Crippen LogP contribution is 2.24. The van der Waals surface area contributed by atoms with Crippen LogP contribution in [0.15, 0.2) is 42.5 Å². The van der Waals surface area contributed by atoms with Crippen molar-refractivity contribution in [1.82, 2.24) is 4.90 Å². The molecule has 0 unspecified atom stereocenters. The summed E-state index contributed by atoms with van der Waals surface area (Å²) in [5.74, 6) is -0.389. The van der Waals surface area contributed by atoms with Gasteiger partial charge < -0.3 is 10.6 Å². The fraction of sp³-hybridized carbons (Fsp3) is 0.211. The van der Waals surface area contributed by atoms with Crippen LogP contribution >= 0.6 is 23.2 Å². The van der Waals surface area contributed by atoms with Gasteiger partial charge in [-0.2, -0.15) is 5.26 Å². The summed E-state index contributed by atoms with van der Waals surface area (Å²) < 4.78 is 0. The van der Waals surface area contributed by atoms with Crippen LogP contribution in [0.2, 0.25) is 10.0 Å². The number of nitrogens with zero attached hydrogens (tertiary/aromatic N) is 2. The Hall–Kier alpha value is -2.59. The van der Waals surface area contributed by atoms with Gasteiger partial charge in [0, 0.05) is 24.3 Å². The Bertz CT molecular complexity index is 863.